The van der Waals surface area contributed by atoms with Crippen molar-refractivity contribution in [1.82, 2.24) is 5.32 Å². The molecule has 1 amide bonds. The summed E-state index contributed by atoms with van der Waals surface area (Å²) in [7, 11) is 0. The molecule has 0 aromatic heterocycles. The maximum absolute atomic E-state index is 12.2. The summed E-state index contributed by atoms with van der Waals surface area (Å²) >= 11 is 0. The minimum absolute atomic E-state index is 0.0154. The number of carbonyl (C=O) groups is 1. The van der Waals surface area contributed by atoms with Gasteiger partial charge in [-0.3, -0.25) is 4.79 Å². The Bertz CT molecular complexity index is 472. The van der Waals surface area contributed by atoms with Crippen LogP contribution < -0.4 is 15.8 Å². The lowest BCUT2D eigenvalue weighted by Gasteiger charge is -2.33. The van der Waals surface area contributed by atoms with Crippen LogP contribution in [0.1, 0.15) is 40.2 Å². The Labute approximate surface area is 128 Å². The lowest BCUT2D eigenvalue weighted by molar-refractivity contribution is -0.122. The van der Waals surface area contributed by atoms with E-state index in [-0.39, 0.29) is 23.5 Å². The van der Waals surface area contributed by atoms with E-state index in [1.807, 2.05) is 45.0 Å². The zero-order valence-corrected chi connectivity index (χ0v) is 13.8. The van der Waals surface area contributed by atoms with Crippen molar-refractivity contribution in [2.45, 2.75) is 52.7 Å². The molecule has 0 aliphatic carbocycles. The van der Waals surface area contributed by atoms with Crippen molar-refractivity contribution in [3.8, 4) is 5.75 Å². The molecule has 0 aliphatic rings. The van der Waals surface area contributed by atoms with Crippen LogP contribution in [0.2, 0.25) is 0 Å². The molecule has 0 heterocycles. The van der Waals surface area contributed by atoms with Gasteiger partial charge in [-0.05, 0) is 44.4 Å². The number of benzene rings is 1. The van der Waals surface area contributed by atoms with Crippen LogP contribution in [0.25, 0.3) is 0 Å². The molecule has 0 bridgehead atoms. The number of ether oxygens (including phenoxy) is 1. The topological polar surface area (TPSA) is 64.3 Å². The summed E-state index contributed by atoms with van der Waals surface area (Å²) in [5.41, 5.74) is 6.36. The van der Waals surface area contributed by atoms with E-state index in [0.717, 1.165) is 11.3 Å². The van der Waals surface area contributed by atoms with E-state index in [4.69, 9.17) is 10.5 Å². The normalized spacial score (nSPS) is 14.1. The Morgan fingerprint density at radius 3 is 2.52 bits per heavy atom. The summed E-state index contributed by atoms with van der Waals surface area (Å²) in [4.78, 5) is 12.2. The minimum atomic E-state index is -0.372. The van der Waals surface area contributed by atoms with Crippen LogP contribution in [0.3, 0.4) is 0 Å². The van der Waals surface area contributed by atoms with Gasteiger partial charge >= 0.3 is 0 Å². The number of rotatable bonds is 7. The molecule has 0 radical (unpaired) electrons. The van der Waals surface area contributed by atoms with Gasteiger partial charge in [0, 0.05) is 6.54 Å². The fraction of sp³-hybridized carbons (Fsp3) is 0.588. The largest absolute Gasteiger partial charge is 0.491 e. The number of nitrogens with one attached hydrogen (secondary N) is 1. The molecule has 1 aromatic carbocycles. The third-order valence-electron chi connectivity index (χ3n) is 3.76. The molecule has 1 atom stereocenters. The van der Waals surface area contributed by atoms with Crippen LogP contribution in [0.15, 0.2) is 24.3 Å². The van der Waals surface area contributed by atoms with Crippen LogP contribution >= 0.6 is 0 Å². The molecular formula is C17H28N2O2. The van der Waals surface area contributed by atoms with E-state index in [9.17, 15) is 4.79 Å². The predicted octanol–water partition coefficient (Wildman–Crippen LogP) is 2.51. The zero-order valence-electron chi connectivity index (χ0n) is 13.8. The molecule has 0 fully saturated rings. The highest BCUT2D eigenvalue weighted by Crippen LogP contribution is 2.17. The summed E-state index contributed by atoms with van der Waals surface area (Å²) in [5, 5.41) is 3.05. The number of carbonyl (C=O) groups excluding carboxylic acids is 1. The highest BCUT2D eigenvalue weighted by atomic mass is 16.5. The van der Waals surface area contributed by atoms with Gasteiger partial charge in [0.05, 0.1) is 18.1 Å². The first kappa shape index (κ1) is 17.5. The van der Waals surface area contributed by atoms with Crippen molar-refractivity contribution in [3.05, 3.63) is 29.8 Å². The Kier molecular flexibility index (Phi) is 6.21. The molecule has 21 heavy (non-hydrogen) atoms. The van der Waals surface area contributed by atoms with Gasteiger partial charge in [-0.2, -0.15) is 0 Å². The Morgan fingerprint density at radius 1 is 1.33 bits per heavy atom. The number of hydrogen-bond donors (Lipinski definition) is 2. The van der Waals surface area contributed by atoms with E-state index in [1.54, 1.807) is 0 Å². The van der Waals surface area contributed by atoms with Crippen molar-refractivity contribution in [2.75, 3.05) is 6.54 Å². The third-order valence-corrected chi connectivity index (χ3v) is 3.76. The average Bonchev–Trinajstić information content (AvgIpc) is 2.37. The first-order chi connectivity index (χ1) is 9.76. The summed E-state index contributed by atoms with van der Waals surface area (Å²) in [6.45, 7) is 10.5. The van der Waals surface area contributed by atoms with E-state index >= 15 is 0 Å². The first-order valence-corrected chi connectivity index (χ1v) is 7.53. The van der Waals surface area contributed by atoms with Crippen molar-refractivity contribution >= 4 is 5.91 Å². The third kappa shape index (κ3) is 5.38. The smallest absolute Gasteiger partial charge is 0.224 e. The van der Waals surface area contributed by atoms with Crippen molar-refractivity contribution in [1.29, 1.82) is 0 Å². The zero-order chi connectivity index (χ0) is 16.0. The van der Waals surface area contributed by atoms with Gasteiger partial charge in [0.25, 0.3) is 0 Å². The maximum Gasteiger partial charge on any atom is 0.224 e. The van der Waals surface area contributed by atoms with E-state index in [1.165, 1.54) is 0 Å². The average molecular weight is 292 g/mol. The summed E-state index contributed by atoms with van der Waals surface area (Å²) < 4.78 is 5.65. The lowest BCUT2D eigenvalue weighted by atomic mass is 9.88. The molecule has 118 valence electrons. The fourth-order valence-corrected chi connectivity index (χ4v) is 1.98. The monoisotopic (exact) mass is 292 g/mol. The molecule has 1 rings (SSSR count). The van der Waals surface area contributed by atoms with Crippen LogP contribution in [0.4, 0.5) is 0 Å². The second-order valence-electron chi connectivity index (χ2n) is 6.32. The molecule has 0 aliphatic heterocycles. The van der Waals surface area contributed by atoms with Gasteiger partial charge in [-0.15, -0.1) is 0 Å². The van der Waals surface area contributed by atoms with Crippen molar-refractivity contribution in [3.63, 3.8) is 0 Å². The highest BCUT2D eigenvalue weighted by Gasteiger charge is 2.28. The molecule has 1 unspecified atom stereocenters. The van der Waals surface area contributed by atoms with E-state index < -0.39 is 0 Å². The van der Waals surface area contributed by atoms with Gasteiger partial charge in [-0.1, -0.05) is 26.0 Å². The van der Waals surface area contributed by atoms with Crippen molar-refractivity contribution in [2.24, 2.45) is 11.7 Å². The minimum Gasteiger partial charge on any atom is -0.491 e. The Morgan fingerprint density at radius 2 is 2.00 bits per heavy atom. The highest BCUT2D eigenvalue weighted by molar-refractivity contribution is 5.79. The Balaban J connectivity index is 2.71. The second-order valence-corrected chi connectivity index (χ2v) is 6.32. The molecule has 3 N–H and O–H groups in total. The molecule has 4 nitrogen and oxygen atoms in total. The predicted molar refractivity (Wildman–Crippen MR) is 86.4 cm³/mol. The molecule has 0 saturated carbocycles. The van der Waals surface area contributed by atoms with Crippen LogP contribution in [-0.2, 0) is 11.2 Å². The quantitative estimate of drug-likeness (QED) is 0.811. The van der Waals surface area contributed by atoms with Gasteiger partial charge in [-0.25, -0.2) is 0 Å². The van der Waals surface area contributed by atoms with Gasteiger partial charge < -0.3 is 15.8 Å². The van der Waals surface area contributed by atoms with Crippen LogP contribution in [0, 0.1) is 5.92 Å². The molecule has 4 heteroatoms. The van der Waals surface area contributed by atoms with Crippen molar-refractivity contribution < 1.29 is 9.53 Å². The van der Waals surface area contributed by atoms with Gasteiger partial charge in [0.1, 0.15) is 5.75 Å². The van der Waals surface area contributed by atoms with Gasteiger partial charge in [0.2, 0.25) is 5.91 Å². The molecular weight excluding hydrogens is 264 g/mol. The van der Waals surface area contributed by atoms with E-state index in [0.29, 0.717) is 13.0 Å². The summed E-state index contributed by atoms with van der Waals surface area (Å²) in [6.07, 6.45) is 0.452. The van der Waals surface area contributed by atoms with Crippen LogP contribution in [-0.4, -0.2) is 24.1 Å². The van der Waals surface area contributed by atoms with E-state index in [2.05, 4.69) is 19.2 Å². The molecule has 0 spiro atoms. The maximum atomic E-state index is 12.2. The molecule has 1 aromatic rings. The molecule has 0 saturated heterocycles. The second kappa shape index (κ2) is 7.46. The number of nitrogens with two attached hydrogens (primary N) is 1. The number of hydrogen-bond acceptors (Lipinski definition) is 3. The SMILES string of the molecule is CC(C)Oc1cccc(CC(=O)NC(C)(CN)C(C)C)c1. The van der Waals surface area contributed by atoms with Gasteiger partial charge in [0.15, 0.2) is 0 Å². The first-order valence-electron chi connectivity index (χ1n) is 7.53. The summed E-state index contributed by atoms with van der Waals surface area (Å²) in [5.74, 6) is 1.06. The fourth-order valence-electron chi connectivity index (χ4n) is 1.98. The standard InChI is InChI=1S/C17H28N2O2/c1-12(2)17(5,11-18)19-16(20)10-14-7-6-8-15(9-14)21-13(3)4/h6-9,12-13H,10-11,18H2,1-5H3,(H,19,20). The number of amides is 1. The summed E-state index contributed by atoms with van der Waals surface area (Å²) in [6, 6.07) is 7.65. The van der Waals surface area contributed by atoms with Crippen LogP contribution in [0.5, 0.6) is 5.75 Å². The Hall–Kier alpha value is -1.55. The lowest BCUT2D eigenvalue weighted by Crippen LogP contribution is -2.55.